The van der Waals surface area contributed by atoms with Crippen molar-refractivity contribution in [2.45, 2.75) is 0 Å². The summed E-state index contributed by atoms with van der Waals surface area (Å²) in [6.07, 6.45) is 0. The summed E-state index contributed by atoms with van der Waals surface area (Å²) in [6.45, 7) is 0. The number of rotatable bonds is 1. The molecule has 0 heterocycles. The Kier molecular flexibility index (Phi) is 1.80. The monoisotopic (exact) mass is 266 g/mol. The van der Waals surface area contributed by atoms with Crippen molar-refractivity contribution in [3.63, 3.8) is 0 Å². The average molecular weight is 266 g/mol. The van der Waals surface area contributed by atoms with Gasteiger partial charge in [0.15, 0.2) is 0 Å². The van der Waals surface area contributed by atoms with Crippen LogP contribution in [0.15, 0.2) is 0 Å². The van der Waals surface area contributed by atoms with E-state index in [1.807, 2.05) is 0 Å². The number of hydrogen-bond acceptors (Lipinski definition) is 4. The van der Waals surface area contributed by atoms with Gasteiger partial charge in [-0.2, -0.15) is 0 Å². The Morgan fingerprint density at radius 1 is 1.50 bits per heavy atom. The molecule has 0 atom stereocenters. The van der Waals surface area contributed by atoms with E-state index in [1.54, 1.807) is 0 Å². The maximum atomic E-state index is 9.21. The maximum absolute atomic E-state index is 9.21. The zero-order chi connectivity index (χ0) is 5.21. The van der Waals surface area contributed by atoms with Crippen LogP contribution in [0.1, 0.15) is 0 Å². The molecule has 6 heteroatoms. The first kappa shape index (κ1) is 6.17. The standard InChI is InChI=1S/H2O2.H2O.2O.W/c1-2;;;;/h1-2H;1H2;;;/q;;;;+2/p-2. The molecule has 0 aliphatic heterocycles. The van der Waals surface area contributed by atoms with Gasteiger partial charge < -0.3 is 0 Å². The molecule has 2 N–H and O–H groups in total. The molecule has 0 aromatic heterocycles. The van der Waals surface area contributed by atoms with Crippen molar-refractivity contribution in [1.29, 1.82) is 0 Å². The van der Waals surface area contributed by atoms with Crippen molar-refractivity contribution < 1.29 is 36.1 Å². The Balaban J connectivity index is 3.85. The van der Waals surface area contributed by atoms with Crippen LogP contribution < -0.4 is 0 Å². The molecule has 6 heavy (non-hydrogen) atoms. The molecule has 0 aromatic rings. The fourth-order valence-corrected chi connectivity index (χ4v) is 0. The normalized spacial score (nSPS) is 11.7. The van der Waals surface area contributed by atoms with Gasteiger partial charge in [0.1, 0.15) is 0 Å². The van der Waals surface area contributed by atoms with Crippen molar-refractivity contribution in [3.05, 3.63) is 0 Å². The summed E-state index contributed by atoms with van der Waals surface area (Å²) in [7, 11) is 0. The number of hydrogen-bond donors (Lipinski definition) is 2. The fraction of sp³-hybridized carbons (Fsp3) is 0. The molecule has 0 aromatic carbocycles. The van der Waals surface area contributed by atoms with Gasteiger partial charge in [0, 0.05) is 0 Å². The summed E-state index contributed by atoms with van der Waals surface area (Å²) in [5.74, 6) is 0. The molecule has 0 spiro atoms. The minimum absolute atomic E-state index is 2.59. The summed E-state index contributed by atoms with van der Waals surface area (Å²) < 4.78 is 28.5. The van der Waals surface area contributed by atoms with Gasteiger partial charge in [-0.25, -0.2) is 0 Å². The van der Waals surface area contributed by atoms with Crippen molar-refractivity contribution >= 4 is 0 Å². The van der Waals surface area contributed by atoms with E-state index in [-0.39, 0.29) is 0 Å². The molecule has 5 nitrogen and oxygen atoms in total. The van der Waals surface area contributed by atoms with Crippen LogP contribution in [-0.4, -0.2) is 9.02 Å². The molecule has 0 fully saturated rings. The quantitative estimate of drug-likeness (QED) is 0.476. The molecule has 0 aliphatic rings. The third-order valence-electron chi connectivity index (χ3n) is 0.0942. The summed E-state index contributed by atoms with van der Waals surface area (Å²) >= 11 is -5.66. The first-order valence-corrected chi connectivity index (χ1v) is 5.77. The van der Waals surface area contributed by atoms with Crippen LogP contribution in [0.5, 0.6) is 0 Å². The van der Waals surface area contributed by atoms with Crippen LogP contribution >= 0.6 is 0 Å². The SMILES string of the molecule is [O]=[W](=[O])([OH])[O]O. The topological polar surface area (TPSA) is 83.8 Å². The van der Waals surface area contributed by atoms with Crippen LogP contribution in [0, 0.1) is 0 Å². The van der Waals surface area contributed by atoms with Gasteiger partial charge in [-0.05, 0) is 0 Å². The van der Waals surface area contributed by atoms with E-state index >= 15 is 0 Å². The molecule has 0 amide bonds. The summed E-state index contributed by atoms with van der Waals surface area (Å²) in [4.78, 5) is 0. The summed E-state index contributed by atoms with van der Waals surface area (Å²) in [6, 6.07) is 0. The first-order valence-electron chi connectivity index (χ1n) is 0.865. The van der Waals surface area contributed by atoms with Gasteiger partial charge in [-0.3, -0.25) is 0 Å². The average Bonchev–Trinajstić information content (AvgIpc) is 1.35. The molecule has 0 rings (SSSR count). The predicted molar refractivity (Wildman–Crippen MR) is 7.31 cm³/mol. The molecule has 0 saturated carbocycles. The Morgan fingerprint density at radius 3 is 1.67 bits per heavy atom. The van der Waals surface area contributed by atoms with Crippen LogP contribution in [0.2, 0.25) is 0 Å². The second kappa shape index (κ2) is 1.75. The van der Waals surface area contributed by atoms with Gasteiger partial charge in [0.05, 0.1) is 0 Å². The van der Waals surface area contributed by atoms with Crippen molar-refractivity contribution in [2.24, 2.45) is 0 Å². The van der Waals surface area contributed by atoms with Gasteiger partial charge in [0.2, 0.25) is 0 Å². The molecule has 0 bridgehead atoms. The Hall–Kier alpha value is 0.168. The molecular weight excluding hydrogens is 264 g/mol. The van der Waals surface area contributed by atoms with Gasteiger partial charge >= 0.3 is 36.1 Å². The van der Waals surface area contributed by atoms with Gasteiger partial charge in [-0.1, -0.05) is 0 Å². The molecule has 38 valence electrons. The van der Waals surface area contributed by atoms with Crippen LogP contribution in [-0.2, 0) is 27.1 Å². The van der Waals surface area contributed by atoms with Crippen LogP contribution in [0.4, 0.5) is 0 Å². The van der Waals surface area contributed by atoms with E-state index in [0.717, 1.165) is 0 Å². The second-order valence-electron chi connectivity index (χ2n) is 0.502. The summed E-state index contributed by atoms with van der Waals surface area (Å²) in [5, 5.41) is 7.12. The van der Waals surface area contributed by atoms with Crippen molar-refractivity contribution in [3.8, 4) is 0 Å². The van der Waals surface area contributed by atoms with Gasteiger partial charge in [0.25, 0.3) is 0 Å². The van der Waals surface area contributed by atoms with Crippen LogP contribution in [0.25, 0.3) is 0 Å². The third-order valence-corrected chi connectivity index (χ3v) is 0.771. The van der Waals surface area contributed by atoms with E-state index in [2.05, 4.69) is 3.54 Å². The molecule has 0 aliphatic carbocycles. The molecule has 0 radical (unpaired) electrons. The Morgan fingerprint density at radius 2 is 1.67 bits per heavy atom. The van der Waals surface area contributed by atoms with E-state index in [0.29, 0.717) is 0 Å². The molecule has 0 saturated heterocycles. The zero-order valence-corrected chi connectivity index (χ0v) is 5.46. The predicted octanol–water partition coefficient (Wildman–Crippen LogP) is -0.857. The molecule has 0 unspecified atom stereocenters. The van der Waals surface area contributed by atoms with Crippen LogP contribution in [0.3, 0.4) is 0 Å². The Labute approximate surface area is 36.8 Å². The second-order valence-corrected chi connectivity index (χ2v) is 4.11. The van der Waals surface area contributed by atoms with Crippen molar-refractivity contribution in [1.82, 2.24) is 0 Å². The van der Waals surface area contributed by atoms with Crippen molar-refractivity contribution in [2.75, 3.05) is 0 Å². The van der Waals surface area contributed by atoms with E-state index < -0.39 is 16.7 Å². The van der Waals surface area contributed by atoms with Gasteiger partial charge in [-0.15, -0.1) is 0 Å². The van der Waals surface area contributed by atoms with E-state index in [4.69, 9.17) is 9.02 Å². The van der Waals surface area contributed by atoms with E-state index in [9.17, 15) is 6.80 Å². The Bertz CT molecular complexity index is 106. The fourth-order valence-electron chi connectivity index (χ4n) is 0. The zero-order valence-electron chi connectivity index (χ0n) is 2.53. The third kappa shape index (κ3) is 4.17. The summed E-state index contributed by atoms with van der Waals surface area (Å²) in [5.41, 5.74) is 0. The first-order chi connectivity index (χ1) is 2.56. The minimum atomic E-state index is -5.66. The van der Waals surface area contributed by atoms with E-state index in [1.165, 1.54) is 0 Å². The molecular formula is H2O5W.